The van der Waals surface area contributed by atoms with Crippen LogP contribution in [0.4, 0.5) is 0 Å². The highest BCUT2D eigenvalue weighted by Crippen LogP contribution is 2.25. The summed E-state index contributed by atoms with van der Waals surface area (Å²) < 4.78 is 1.72. The first-order chi connectivity index (χ1) is 12.7. The Hall–Kier alpha value is -2.60. The third-order valence-electron chi connectivity index (χ3n) is 4.37. The lowest BCUT2D eigenvalue weighted by molar-refractivity contribution is 0.132. The molecule has 0 amide bonds. The molecule has 1 N–H and O–H groups in total. The van der Waals surface area contributed by atoms with E-state index in [1.54, 1.807) is 10.8 Å². The summed E-state index contributed by atoms with van der Waals surface area (Å²) in [6.45, 7) is 4.46. The van der Waals surface area contributed by atoms with Crippen molar-refractivity contribution in [3.05, 3.63) is 63.2 Å². The molecule has 0 saturated heterocycles. The number of pyridine rings is 1. The molecular formula is C19H21ClN4O2. The standard InChI is InChI=1S/C19H21ClN4O2/c1-3-14(4-2)24-17-15(16(20)11-21-18(17)23-19(24)25)10-22-26-12-13-8-6-5-7-9-13/h5-11,14H,3-4,12H2,1-2H3,(H,21,23,25)/b22-10-. The van der Waals surface area contributed by atoms with Crippen molar-refractivity contribution in [1.82, 2.24) is 14.5 Å². The number of nitrogens with zero attached hydrogens (tertiary/aromatic N) is 3. The van der Waals surface area contributed by atoms with E-state index in [0.29, 0.717) is 28.4 Å². The molecule has 0 aliphatic rings. The van der Waals surface area contributed by atoms with Crippen molar-refractivity contribution in [2.24, 2.45) is 5.16 Å². The second-order valence-corrected chi connectivity index (χ2v) is 6.39. The van der Waals surface area contributed by atoms with Crippen LogP contribution in [0.15, 0.2) is 46.5 Å². The molecular weight excluding hydrogens is 352 g/mol. The largest absolute Gasteiger partial charge is 0.391 e. The van der Waals surface area contributed by atoms with Gasteiger partial charge in [0.25, 0.3) is 0 Å². The first-order valence-corrected chi connectivity index (χ1v) is 9.01. The fourth-order valence-electron chi connectivity index (χ4n) is 2.99. The molecule has 3 rings (SSSR count). The number of hydrogen-bond donors (Lipinski definition) is 1. The zero-order valence-electron chi connectivity index (χ0n) is 14.8. The Labute approximate surface area is 156 Å². The molecule has 136 valence electrons. The van der Waals surface area contributed by atoms with Crippen molar-refractivity contribution in [3.63, 3.8) is 0 Å². The Kier molecular flexibility index (Phi) is 5.73. The van der Waals surface area contributed by atoms with E-state index in [1.807, 2.05) is 44.2 Å². The molecule has 0 aliphatic carbocycles. The second-order valence-electron chi connectivity index (χ2n) is 5.98. The molecule has 0 radical (unpaired) electrons. The fourth-order valence-corrected chi connectivity index (χ4v) is 3.18. The van der Waals surface area contributed by atoms with Gasteiger partial charge in [-0.1, -0.05) is 60.9 Å². The van der Waals surface area contributed by atoms with Gasteiger partial charge >= 0.3 is 5.69 Å². The van der Waals surface area contributed by atoms with Crippen LogP contribution in [0.2, 0.25) is 5.02 Å². The van der Waals surface area contributed by atoms with Crippen molar-refractivity contribution in [2.75, 3.05) is 0 Å². The third kappa shape index (κ3) is 3.65. The smallest absolute Gasteiger partial charge is 0.327 e. The second kappa shape index (κ2) is 8.19. The fraction of sp³-hybridized carbons (Fsp3) is 0.316. The molecule has 0 aliphatic heterocycles. The summed E-state index contributed by atoms with van der Waals surface area (Å²) in [5.41, 5.74) is 2.60. The van der Waals surface area contributed by atoms with Crippen molar-refractivity contribution >= 4 is 29.0 Å². The van der Waals surface area contributed by atoms with Crippen LogP contribution in [-0.2, 0) is 11.4 Å². The van der Waals surface area contributed by atoms with Crippen molar-refractivity contribution in [2.45, 2.75) is 39.3 Å². The maximum absolute atomic E-state index is 12.4. The topological polar surface area (TPSA) is 72.3 Å². The van der Waals surface area contributed by atoms with E-state index < -0.39 is 0 Å². The predicted octanol–water partition coefficient (Wildman–Crippen LogP) is 4.29. The molecule has 2 aromatic heterocycles. The van der Waals surface area contributed by atoms with E-state index in [9.17, 15) is 4.79 Å². The lowest BCUT2D eigenvalue weighted by atomic mass is 10.1. The lowest BCUT2D eigenvalue weighted by Gasteiger charge is -2.15. The zero-order valence-corrected chi connectivity index (χ0v) is 15.5. The number of oxime groups is 1. The molecule has 1 aromatic carbocycles. The monoisotopic (exact) mass is 372 g/mol. The van der Waals surface area contributed by atoms with Crippen LogP contribution in [0.25, 0.3) is 11.2 Å². The van der Waals surface area contributed by atoms with Gasteiger partial charge < -0.3 is 4.84 Å². The number of benzene rings is 1. The molecule has 7 heteroatoms. The summed E-state index contributed by atoms with van der Waals surface area (Å²) in [6.07, 6.45) is 4.71. The minimum absolute atomic E-state index is 0.0638. The molecule has 3 aromatic rings. The minimum Gasteiger partial charge on any atom is -0.391 e. The number of H-pyrrole nitrogens is 1. The summed E-state index contributed by atoms with van der Waals surface area (Å²) in [5, 5.41) is 4.46. The number of aromatic amines is 1. The molecule has 0 fully saturated rings. The van der Waals surface area contributed by atoms with E-state index in [0.717, 1.165) is 18.4 Å². The molecule has 0 spiro atoms. The Morgan fingerprint density at radius 1 is 1.31 bits per heavy atom. The van der Waals surface area contributed by atoms with Crippen LogP contribution in [-0.4, -0.2) is 20.7 Å². The van der Waals surface area contributed by atoms with Crippen LogP contribution in [0.3, 0.4) is 0 Å². The van der Waals surface area contributed by atoms with Crippen LogP contribution >= 0.6 is 11.6 Å². The number of halogens is 1. The summed E-state index contributed by atoms with van der Waals surface area (Å²) in [6, 6.07) is 9.82. The molecule has 26 heavy (non-hydrogen) atoms. The number of nitrogens with one attached hydrogen (secondary N) is 1. The summed E-state index contributed by atoms with van der Waals surface area (Å²) in [4.78, 5) is 24.8. The van der Waals surface area contributed by atoms with E-state index >= 15 is 0 Å². The quantitative estimate of drug-likeness (QED) is 0.496. The van der Waals surface area contributed by atoms with Crippen LogP contribution < -0.4 is 5.69 Å². The summed E-state index contributed by atoms with van der Waals surface area (Å²) in [7, 11) is 0. The highest BCUT2D eigenvalue weighted by atomic mass is 35.5. The predicted molar refractivity (Wildman–Crippen MR) is 104 cm³/mol. The number of aromatic nitrogens is 3. The number of hydrogen-bond acceptors (Lipinski definition) is 4. The van der Waals surface area contributed by atoms with Crippen molar-refractivity contribution in [1.29, 1.82) is 0 Å². The van der Waals surface area contributed by atoms with Gasteiger partial charge in [-0.25, -0.2) is 9.78 Å². The van der Waals surface area contributed by atoms with E-state index in [-0.39, 0.29) is 11.7 Å². The number of imidazole rings is 1. The molecule has 0 atom stereocenters. The first kappa shape index (κ1) is 18.2. The highest BCUT2D eigenvalue weighted by molar-refractivity contribution is 6.34. The van der Waals surface area contributed by atoms with Gasteiger partial charge in [-0.2, -0.15) is 0 Å². The van der Waals surface area contributed by atoms with Crippen LogP contribution in [0.1, 0.15) is 43.9 Å². The van der Waals surface area contributed by atoms with Gasteiger partial charge in [0, 0.05) is 17.8 Å². The van der Waals surface area contributed by atoms with Crippen LogP contribution in [0.5, 0.6) is 0 Å². The summed E-state index contributed by atoms with van der Waals surface area (Å²) >= 11 is 6.33. The minimum atomic E-state index is -0.191. The molecule has 0 saturated carbocycles. The zero-order chi connectivity index (χ0) is 18.5. The van der Waals surface area contributed by atoms with Gasteiger partial charge in [0.1, 0.15) is 6.61 Å². The lowest BCUT2D eigenvalue weighted by Crippen LogP contribution is -2.22. The molecule has 6 nitrogen and oxygen atoms in total. The Morgan fingerprint density at radius 2 is 2.04 bits per heavy atom. The van der Waals surface area contributed by atoms with E-state index in [2.05, 4.69) is 15.1 Å². The van der Waals surface area contributed by atoms with E-state index in [4.69, 9.17) is 16.4 Å². The SMILES string of the molecule is CCC(CC)n1c(=O)[nH]c2ncc(Cl)c(/C=N\OCc3ccccc3)c21. The van der Waals surface area contributed by atoms with Crippen molar-refractivity contribution < 1.29 is 4.84 Å². The van der Waals surface area contributed by atoms with Gasteiger partial charge in [-0.15, -0.1) is 0 Å². The van der Waals surface area contributed by atoms with Gasteiger partial charge in [0.2, 0.25) is 0 Å². The maximum Gasteiger partial charge on any atom is 0.327 e. The van der Waals surface area contributed by atoms with Gasteiger partial charge in [-0.05, 0) is 18.4 Å². The molecule has 2 heterocycles. The Morgan fingerprint density at radius 3 is 2.73 bits per heavy atom. The van der Waals surface area contributed by atoms with Gasteiger partial charge in [0.05, 0.1) is 16.8 Å². The third-order valence-corrected chi connectivity index (χ3v) is 4.67. The summed E-state index contributed by atoms with van der Waals surface area (Å²) in [5.74, 6) is 0. The van der Waals surface area contributed by atoms with Crippen LogP contribution in [0, 0.1) is 0 Å². The van der Waals surface area contributed by atoms with E-state index in [1.165, 1.54) is 6.20 Å². The maximum atomic E-state index is 12.4. The highest BCUT2D eigenvalue weighted by Gasteiger charge is 2.19. The van der Waals surface area contributed by atoms with Crippen molar-refractivity contribution in [3.8, 4) is 0 Å². The normalized spacial score (nSPS) is 11.7. The van der Waals surface area contributed by atoms with Gasteiger partial charge in [-0.3, -0.25) is 9.55 Å². The first-order valence-electron chi connectivity index (χ1n) is 8.63. The average Bonchev–Trinajstić information content (AvgIpc) is 2.99. The number of fused-ring (bicyclic) bond motifs is 1. The molecule has 0 unspecified atom stereocenters. The van der Waals surface area contributed by atoms with Gasteiger partial charge in [0.15, 0.2) is 5.65 Å². The number of rotatable bonds is 7. The average molecular weight is 373 g/mol. The Bertz CT molecular complexity index is 959. The Balaban J connectivity index is 1.95. The molecule has 0 bridgehead atoms.